The van der Waals surface area contributed by atoms with Gasteiger partial charge in [0.25, 0.3) is 0 Å². The lowest BCUT2D eigenvalue weighted by Crippen LogP contribution is -2.07. The van der Waals surface area contributed by atoms with Gasteiger partial charge in [-0.15, -0.1) is 0 Å². The molecule has 0 fully saturated rings. The van der Waals surface area contributed by atoms with E-state index in [1.807, 2.05) is 62.6 Å². The van der Waals surface area contributed by atoms with Crippen molar-refractivity contribution in [3.63, 3.8) is 0 Å². The second-order valence-electron chi connectivity index (χ2n) is 5.64. The molecule has 0 saturated carbocycles. The molecule has 0 aliphatic heterocycles. The highest BCUT2D eigenvalue weighted by atomic mass is 32.9. The maximum Gasteiger partial charge on any atom is 0.248 e. The van der Waals surface area contributed by atoms with Crippen LogP contribution in [0.25, 0.3) is 5.69 Å². The summed E-state index contributed by atoms with van der Waals surface area (Å²) < 4.78 is 14.3. The fraction of sp³-hybridized carbons (Fsp3) is 0.467. The lowest BCUT2D eigenvalue weighted by atomic mass is 10.3. The van der Waals surface area contributed by atoms with Gasteiger partial charge in [0, 0.05) is 5.69 Å². The van der Waals surface area contributed by atoms with Gasteiger partial charge in [-0.3, -0.25) is 9.67 Å². The van der Waals surface area contributed by atoms with Gasteiger partial charge in [0.1, 0.15) is 5.82 Å². The molecule has 0 spiro atoms. The minimum absolute atomic E-state index is 0.0111. The topological polar surface area (TPSA) is 52.1 Å². The number of rotatable bonds is 8. The average Bonchev–Trinajstić information content (AvgIpc) is 2.85. The van der Waals surface area contributed by atoms with E-state index in [9.17, 15) is 0 Å². The van der Waals surface area contributed by atoms with Crippen molar-refractivity contribution in [2.45, 2.75) is 45.7 Å². The molecule has 24 heavy (non-hydrogen) atoms. The Bertz CT molecular complexity index is 745. The molecular weight excluding hydrogens is 381 g/mol. The van der Waals surface area contributed by atoms with E-state index in [0.717, 1.165) is 11.5 Å². The molecular formula is C15H22N3O2PS3. The van der Waals surface area contributed by atoms with Crippen LogP contribution in [0.4, 0.5) is 0 Å². The zero-order valence-electron chi connectivity index (χ0n) is 14.1. The van der Waals surface area contributed by atoms with Gasteiger partial charge in [-0.2, -0.15) is 5.10 Å². The Morgan fingerprint density at radius 2 is 1.75 bits per heavy atom. The highest BCUT2D eigenvalue weighted by Gasteiger charge is 2.25. The SMILES string of the molecule is CC(C)OP(=S)(OC(C)C)SCc1n[nH]c(=S)n1-c1ccccc1. The van der Waals surface area contributed by atoms with Gasteiger partial charge in [0.2, 0.25) is 5.69 Å². The van der Waals surface area contributed by atoms with Crippen molar-refractivity contribution >= 4 is 41.1 Å². The van der Waals surface area contributed by atoms with Crippen molar-refractivity contribution in [1.29, 1.82) is 0 Å². The molecule has 5 nitrogen and oxygen atoms in total. The maximum atomic E-state index is 5.92. The molecule has 1 aromatic heterocycles. The number of H-pyrrole nitrogens is 1. The molecule has 0 aliphatic rings. The van der Waals surface area contributed by atoms with Crippen LogP contribution < -0.4 is 0 Å². The number of hydrogen-bond acceptors (Lipinski definition) is 6. The minimum Gasteiger partial charge on any atom is -0.319 e. The number of aromatic amines is 1. The van der Waals surface area contributed by atoms with Crippen LogP contribution in [0.1, 0.15) is 33.5 Å². The number of nitrogens with one attached hydrogen (secondary N) is 1. The monoisotopic (exact) mass is 403 g/mol. The van der Waals surface area contributed by atoms with Gasteiger partial charge in [-0.25, -0.2) is 0 Å². The van der Waals surface area contributed by atoms with Crippen molar-refractivity contribution in [1.82, 2.24) is 14.8 Å². The molecule has 0 radical (unpaired) electrons. The minimum atomic E-state index is -2.45. The average molecular weight is 404 g/mol. The van der Waals surface area contributed by atoms with Crippen molar-refractivity contribution < 1.29 is 9.05 Å². The molecule has 0 saturated heterocycles. The predicted molar refractivity (Wildman–Crippen MR) is 107 cm³/mol. The van der Waals surface area contributed by atoms with E-state index in [0.29, 0.717) is 10.5 Å². The van der Waals surface area contributed by atoms with Gasteiger partial charge in [-0.05, 0) is 63.9 Å². The Hall–Kier alpha value is -0.500. The largest absolute Gasteiger partial charge is 0.319 e. The first-order valence-electron chi connectivity index (χ1n) is 7.64. The zero-order chi connectivity index (χ0) is 17.7. The van der Waals surface area contributed by atoms with Gasteiger partial charge in [0.15, 0.2) is 4.77 Å². The van der Waals surface area contributed by atoms with Gasteiger partial charge in [-0.1, -0.05) is 29.6 Å². The summed E-state index contributed by atoms with van der Waals surface area (Å²) in [7, 11) is 0. The summed E-state index contributed by atoms with van der Waals surface area (Å²) in [6.45, 7) is 7.85. The molecule has 1 aromatic carbocycles. The van der Waals surface area contributed by atoms with Crippen LogP contribution in [0, 0.1) is 4.77 Å². The van der Waals surface area contributed by atoms with Crippen LogP contribution in [0.3, 0.4) is 0 Å². The van der Waals surface area contributed by atoms with Crippen LogP contribution in [0.5, 0.6) is 0 Å². The van der Waals surface area contributed by atoms with Crippen LogP contribution in [-0.4, -0.2) is 27.0 Å². The van der Waals surface area contributed by atoms with Gasteiger partial charge >= 0.3 is 0 Å². The fourth-order valence-corrected chi connectivity index (χ4v) is 7.66. The summed E-state index contributed by atoms with van der Waals surface area (Å²) >= 11 is 12.5. The molecule has 1 heterocycles. The lowest BCUT2D eigenvalue weighted by molar-refractivity contribution is 0.186. The van der Waals surface area contributed by atoms with E-state index in [-0.39, 0.29) is 12.2 Å². The maximum absolute atomic E-state index is 5.92. The number of aromatic nitrogens is 3. The van der Waals surface area contributed by atoms with Crippen molar-refractivity contribution in [2.24, 2.45) is 0 Å². The van der Waals surface area contributed by atoms with Gasteiger partial charge < -0.3 is 9.05 Å². The molecule has 9 heteroatoms. The van der Waals surface area contributed by atoms with E-state index in [2.05, 4.69) is 10.2 Å². The van der Waals surface area contributed by atoms with E-state index in [4.69, 9.17) is 33.1 Å². The van der Waals surface area contributed by atoms with Crippen molar-refractivity contribution in [3.8, 4) is 5.69 Å². The predicted octanol–water partition coefficient (Wildman–Crippen LogP) is 5.24. The Kier molecular flexibility index (Phi) is 7.22. The Morgan fingerprint density at radius 1 is 1.17 bits per heavy atom. The Balaban J connectivity index is 2.22. The summed E-state index contributed by atoms with van der Waals surface area (Å²) in [6, 6.07) is 9.88. The Labute approximate surface area is 157 Å². The number of hydrogen-bond donors (Lipinski definition) is 1. The summed E-state index contributed by atoms with van der Waals surface area (Å²) in [5.41, 5.74) is -1.48. The Morgan fingerprint density at radius 3 is 2.29 bits per heavy atom. The molecule has 2 rings (SSSR count). The first kappa shape index (κ1) is 19.8. The smallest absolute Gasteiger partial charge is 0.248 e. The van der Waals surface area contributed by atoms with Crippen LogP contribution in [0.15, 0.2) is 30.3 Å². The summed E-state index contributed by atoms with van der Waals surface area (Å²) in [5.74, 6) is 1.35. The molecule has 0 amide bonds. The molecule has 132 valence electrons. The summed E-state index contributed by atoms with van der Waals surface area (Å²) in [4.78, 5) is 0. The molecule has 0 bridgehead atoms. The second kappa shape index (κ2) is 8.74. The van der Waals surface area contributed by atoms with E-state index >= 15 is 0 Å². The first-order chi connectivity index (χ1) is 11.3. The number of para-hydroxylation sites is 1. The third kappa shape index (κ3) is 5.51. The summed E-state index contributed by atoms with van der Waals surface area (Å²) in [6.07, 6.45) is 0.0223. The standard InChI is InChI=1S/C15H22N3O2PS3/c1-11(2)19-21(23,20-12(3)4)24-10-14-16-17-15(22)18(14)13-8-6-5-7-9-13/h5-9,11-12H,10H2,1-4H3,(H,17,22). The van der Waals surface area contributed by atoms with Crippen molar-refractivity contribution in [3.05, 3.63) is 40.9 Å². The van der Waals surface area contributed by atoms with E-state index < -0.39 is 5.69 Å². The normalized spacial score (nSPS) is 12.2. The van der Waals surface area contributed by atoms with Crippen LogP contribution in [0.2, 0.25) is 0 Å². The second-order valence-corrected chi connectivity index (χ2v) is 12.2. The zero-order valence-corrected chi connectivity index (χ0v) is 17.5. The quantitative estimate of drug-likeness (QED) is 0.481. The molecule has 0 unspecified atom stereocenters. The third-order valence-corrected chi connectivity index (χ3v) is 8.44. The lowest BCUT2D eigenvalue weighted by Gasteiger charge is -2.25. The first-order valence-corrected chi connectivity index (χ1v) is 12.3. The third-order valence-electron chi connectivity index (χ3n) is 2.79. The molecule has 1 N–H and O–H groups in total. The highest BCUT2D eigenvalue weighted by molar-refractivity contribution is 8.67. The van der Waals surface area contributed by atoms with E-state index in [1.54, 1.807) is 0 Å². The van der Waals surface area contributed by atoms with Crippen molar-refractivity contribution in [2.75, 3.05) is 0 Å². The number of benzene rings is 1. The van der Waals surface area contributed by atoms with Crippen LogP contribution >= 0.6 is 29.3 Å². The van der Waals surface area contributed by atoms with Crippen LogP contribution in [-0.2, 0) is 26.6 Å². The van der Waals surface area contributed by atoms with Gasteiger partial charge in [0.05, 0.1) is 18.0 Å². The molecule has 2 aromatic rings. The molecule has 0 atom stereocenters. The molecule has 0 aliphatic carbocycles. The fourth-order valence-electron chi connectivity index (χ4n) is 2.01. The number of nitrogens with zero attached hydrogens (tertiary/aromatic N) is 2. The summed E-state index contributed by atoms with van der Waals surface area (Å²) in [5, 5.41) is 7.19. The van der Waals surface area contributed by atoms with E-state index in [1.165, 1.54) is 11.4 Å². The highest BCUT2D eigenvalue weighted by Crippen LogP contribution is 2.63.